The van der Waals surface area contributed by atoms with Crippen molar-refractivity contribution in [1.29, 1.82) is 0 Å². The number of H-pyrrole nitrogens is 1. The van der Waals surface area contributed by atoms with Gasteiger partial charge in [0.15, 0.2) is 17.0 Å². The van der Waals surface area contributed by atoms with Crippen LogP contribution in [0.5, 0.6) is 0 Å². The number of aromatic amines is 1. The highest BCUT2D eigenvalue weighted by Crippen LogP contribution is 2.26. The molecule has 32 heavy (non-hydrogen) atoms. The van der Waals surface area contributed by atoms with Crippen LogP contribution in [0.3, 0.4) is 0 Å². The van der Waals surface area contributed by atoms with Crippen molar-refractivity contribution in [2.75, 3.05) is 43.1 Å². The smallest absolute Gasteiger partial charge is 0.229 e. The average molecular weight is 446 g/mol. The number of rotatable bonds is 6. The highest BCUT2D eigenvalue weighted by atomic mass is 32.1. The molecule has 1 saturated heterocycles. The second-order valence-electron chi connectivity index (χ2n) is 7.78. The third-order valence-corrected chi connectivity index (χ3v) is 6.50. The zero-order valence-corrected chi connectivity index (χ0v) is 18.3. The van der Waals surface area contributed by atoms with Crippen molar-refractivity contribution in [1.82, 2.24) is 24.5 Å². The van der Waals surface area contributed by atoms with Crippen LogP contribution in [-0.4, -0.2) is 57.4 Å². The van der Waals surface area contributed by atoms with Crippen LogP contribution in [0.2, 0.25) is 0 Å². The number of thiophene rings is 1. The standard InChI is InChI=1S/C23H23N7OS/c1-2-4-19-18(3-1)16(13-25-19)5-7-24-21-20-22(30(15-26-20)17-6-12-32-14-17)28-23(27-21)29-8-10-31-11-9-29/h1-4,6,12-15,25H,5,7-11H2,(H,24,27,28). The molecule has 4 aromatic heterocycles. The third kappa shape index (κ3) is 3.49. The first-order valence-electron chi connectivity index (χ1n) is 10.8. The van der Waals surface area contributed by atoms with Crippen molar-refractivity contribution in [3.05, 3.63) is 59.2 Å². The van der Waals surface area contributed by atoms with Crippen LogP contribution in [0.15, 0.2) is 53.6 Å². The van der Waals surface area contributed by atoms with E-state index in [-0.39, 0.29) is 0 Å². The average Bonchev–Trinajstić information content (AvgIpc) is 3.59. The van der Waals surface area contributed by atoms with E-state index in [9.17, 15) is 0 Å². The first kappa shape index (κ1) is 19.3. The Morgan fingerprint density at radius 2 is 2.03 bits per heavy atom. The molecule has 0 bridgehead atoms. The van der Waals surface area contributed by atoms with Gasteiger partial charge >= 0.3 is 0 Å². The van der Waals surface area contributed by atoms with Gasteiger partial charge in [-0.1, -0.05) is 18.2 Å². The van der Waals surface area contributed by atoms with Crippen molar-refractivity contribution >= 4 is 45.2 Å². The molecule has 8 nitrogen and oxygen atoms in total. The van der Waals surface area contributed by atoms with E-state index in [1.807, 2.05) is 10.9 Å². The molecular formula is C23H23N7OS. The van der Waals surface area contributed by atoms with Crippen LogP contribution in [0.25, 0.3) is 27.8 Å². The van der Waals surface area contributed by atoms with E-state index >= 15 is 0 Å². The number of nitrogens with zero attached hydrogens (tertiary/aromatic N) is 5. The fraction of sp³-hybridized carbons (Fsp3) is 0.261. The van der Waals surface area contributed by atoms with Crippen LogP contribution in [0.1, 0.15) is 5.56 Å². The van der Waals surface area contributed by atoms with Crippen LogP contribution < -0.4 is 10.2 Å². The fourth-order valence-corrected chi connectivity index (χ4v) is 4.78. The third-order valence-electron chi connectivity index (χ3n) is 5.82. The highest BCUT2D eigenvalue weighted by Gasteiger charge is 2.20. The number of anilines is 2. The highest BCUT2D eigenvalue weighted by molar-refractivity contribution is 7.08. The summed E-state index contributed by atoms with van der Waals surface area (Å²) < 4.78 is 7.55. The zero-order chi connectivity index (χ0) is 21.3. The van der Waals surface area contributed by atoms with Gasteiger partial charge in [-0.3, -0.25) is 4.57 Å². The molecule has 1 fully saturated rings. The molecule has 0 spiro atoms. The van der Waals surface area contributed by atoms with Crippen molar-refractivity contribution in [2.45, 2.75) is 6.42 Å². The zero-order valence-electron chi connectivity index (χ0n) is 17.5. The van der Waals surface area contributed by atoms with E-state index in [0.717, 1.165) is 54.2 Å². The number of morpholine rings is 1. The maximum atomic E-state index is 5.52. The molecule has 162 valence electrons. The summed E-state index contributed by atoms with van der Waals surface area (Å²) in [5.41, 5.74) is 5.11. The molecule has 9 heteroatoms. The first-order chi connectivity index (χ1) is 15.9. The van der Waals surface area contributed by atoms with Crippen molar-refractivity contribution in [2.24, 2.45) is 0 Å². The molecule has 1 aliphatic heterocycles. The Morgan fingerprint density at radius 1 is 1.12 bits per heavy atom. The van der Waals surface area contributed by atoms with Gasteiger partial charge in [0, 0.05) is 42.1 Å². The lowest BCUT2D eigenvalue weighted by atomic mass is 10.1. The van der Waals surface area contributed by atoms with E-state index in [1.165, 1.54) is 10.9 Å². The van der Waals surface area contributed by atoms with Crippen molar-refractivity contribution < 1.29 is 4.74 Å². The van der Waals surface area contributed by atoms with Crippen LogP contribution in [-0.2, 0) is 11.2 Å². The van der Waals surface area contributed by atoms with Crippen molar-refractivity contribution in [3.8, 4) is 5.69 Å². The number of nitrogens with one attached hydrogen (secondary N) is 2. The molecule has 1 aliphatic rings. The van der Waals surface area contributed by atoms with Gasteiger partial charge in [-0.05, 0) is 29.5 Å². The lowest BCUT2D eigenvalue weighted by Crippen LogP contribution is -2.37. The number of benzene rings is 1. The molecule has 2 N–H and O–H groups in total. The van der Waals surface area contributed by atoms with Crippen molar-refractivity contribution in [3.63, 3.8) is 0 Å². The molecule has 0 saturated carbocycles. The van der Waals surface area contributed by atoms with Gasteiger partial charge in [-0.25, -0.2) is 4.98 Å². The summed E-state index contributed by atoms with van der Waals surface area (Å²) in [6, 6.07) is 10.5. The Labute approximate surface area is 188 Å². The Bertz CT molecular complexity index is 1350. The number of hydrogen-bond donors (Lipinski definition) is 2. The van der Waals surface area contributed by atoms with Crippen LogP contribution in [0.4, 0.5) is 11.8 Å². The predicted octanol–water partition coefficient (Wildman–Crippen LogP) is 3.85. The molecule has 1 aromatic carbocycles. The van der Waals surface area contributed by atoms with Gasteiger partial charge in [0.05, 0.1) is 18.9 Å². The van der Waals surface area contributed by atoms with Crippen LogP contribution in [0, 0.1) is 0 Å². The molecule has 0 aliphatic carbocycles. The summed E-state index contributed by atoms with van der Waals surface area (Å²) in [6.45, 7) is 3.70. The summed E-state index contributed by atoms with van der Waals surface area (Å²) in [4.78, 5) is 19.9. The molecule has 0 radical (unpaired) electrons. The summed E-state index contributed by atoms with van der Waals surface area (Å²) >= 11 is 1.66. The van der Waals surface area contributed by atoms with E-state index in [0.29, 0.717) is 19.2 Å². The maximum absolute atomic E-state index is 5.52. The molecule has 0 amide bonds. The minimum atomic E-state index is 0.689. The number of hydrogen-bond acceptors (Lipinski definition) is 7. The monoisotopic (exact) mass is 445 g/mol. The van der Waals surface area contributed by atoms with Gasteiger partial charge in [-0.15, -0.1) is 0 Å². The molecule has 0 atom stereocenters. The molecule has 6 rings (SSSR count). The Hall–Kier alpha value is -3.43. The van der Waals surface area contributed by atoms with Gasteiger partial charge in [0.25, 0.3) is 0 Å². The van der Waals surface area contributed by atoms with Crippen LogP contribution >= 0.6 is 11.3 Å². The largest absolute Gasteiger partial charge is 0.378 e. The molecule has 0 unspecified atom stereocenters. The summed E-state index contributed by atoms with van der Waals surface area (Å²) in [7, 11) is 0. The van der Waals surface area contributed by atoms with E-state index in [4.69, 9.17) is 14.7 Å². The van der Waals surface area contributed by atoms with E-state index in [1.54, 1.807) is 11.3 Å². The second-order valence-corrected chi connectivity index (χ2v) is 8.56. The second kappa shape index (κ2) is 8.25. The van der Waals surface area contributed by atoms with Gasteiger partial charge in [0.2, 0.25) is 5.95 Å². The Balaban J connectivity index is 1.33. The first-order valence-corrected chi connectivity index (χ1v) is 11.7. The number of imidazole rings is 1. The summed E-state index contributed by atoms with van der Waals surface area (Å²) in [5.74, 6) is 1.48. The lowest BCUT2D eigenvalue weighted by molar-refractivity contribution is 0.122. The number of fused-ring (bicyclic) bond motifs is 2. The van der Waals surface area contributed by atoms with Gasteiger partial charge in [-0.2, -0.15) is 21.3 Å². The van der Waals surface area contributed by atoms with Gasteiger partial charge in [0.1, 0.15) is 6.33 Å². The fourth-order valence-electron chi connectivity index (χ4n) is 4.15. The maximum Gasteiger partial charge on any atom is 0.229 e. The minimum absolute atomic E-state index is 0.689. The normalized spacial score (nSPS) is 14.4. The molecule has 5 aromatic rings. The predicted molar refractivity (Wildman–Crippen MR) is 128 cm³/mol. The Morgan fingerprint density at radius 3 is 2.91 bits per heavy atom. The number of ether oxygens (including phenoxy) is 1. The van der Waals surface area contributed by atoms with E-state index < -0.39 is 0 Å². The SMILES string of the molecule is c1ccc2c(CCNc3nc(N4CCOCC4)nc4c3ncn4-c3ccsc3)c[nH]c2c1. The van der Waals surface area contributed by atoms with E-state index in [2.05, 4.69) is 67.5 Å². The van der Waals surface area contributed by atoms with Gasteiger partial charge < -0.3 is 19.9 Å². The summed E-state index contributed by atoms with van der Waals surface area (Å²) in [6.07, 6.45) is 4.80. The number of para-hydroxylation sites is 1. The quantitative estimate of drug-likeness (QED) is 0.413. The lowest BCUT2D eigenvalue weighted by Gasteiger charge is -2.27. The summed E-state index contributed by atoms with van der Waals surface area (Å²) in [5, 5.41) is 8.95. The molecular weight excluding hydrogens is 422 g/mol. The minimum Gasteiger partial charge on any atom is -0.378 e. The topological polar surface area (TPSA) is 83.9 Å². The number of aromatic nitrogens is 5. The molecule has 5 heterocycles. The Kier molecular flexibility index (Phi) is 4.97.